The molecule has 0 aromatic carbocycles. The minimum atomic E-state index is -3.64. The first kappa shape index (κ1) is 15.9. The van der Waals surface area contributed by atoms with Gasteiger partial charge < -0.3 is 5.11 Å². The molecule has 2 heterocycles. The molecular formula is C12H16BrNO4S2. The predicted octanol–water partition coefficient (Wildman–Crippen LogP) is 2.88. The molecular weight excluding hydrogens is 366 g/mol. The monoisotopic (exact) mass is 381 g/mol. The van der Waals surface area contributed by atoms with E-state index in [0.29, 0.717) is 28.7 Å². The molecule has 2 atom stereocenters. The van der Waals surface area contributed by atoms with E-state index < -0.39 is 16.0 Å². The van der Waals surface area contributed by atoms with E-state index in [1.54, 1.807) is 0 Å². The van der Waals surface area contributed by atoms with Gasteiger partial charge in [0.2, 0.25) is 10.0 Å². The lowest BCUT2D eigenvalue weighted by Crippen LogP contribution is -2.42. The Bertz CT molecular complexity index is 615. The van der Waals surface area contributed by atoms with E-state index in [0.717, 1.165) is 17.8 Å². The van der Waals surface area contributed by atoms with Gasteiger partial charge in [0, 0.05) is 13.1 Å². The third-order valence-corrected chi connectivity index (χ3v) is 7.39. The number of piperidine rings is 1. The van der Waals surface area contributed by atoms with Gasteiger partial charge in [-0.05, 0) is 40.3 Å². The van der Waals surface area contributed by atoms with Crippen LogP contribution in [0.1, 0.15) is 29.9 Å². The van der Waals surface area contributed by atoms with E-state index in [-0.39, 0.29) is 9.77 Å². The maximum atomic E-state index is 12.6. The minimum Gasteiger partial charge on any atom is -0.477 e. The van der Waals surface area contributed by atoms with Crippen molar-refractivity contribution in [2.75, 3.05) is 13.1 Å². The molecule has 1 saturated heterocycles. The molecule has 20 heavy (non-hydrogen) atoms. The van der Waals surface area contributed by atoms with Crippen molar-refractivity contribution in [3.05, 3.63) is 14.7 Å². The van der Waals surface area contributed by atoms with Gasteiger partial charge in [-0.25, -0.2) is 13.2 Å². The lowest BCUT2D eigenvalue weighted by Gasteiger charge is -2.33. The lowest BCUT2D eigenvalue weighted by molar-refractivity contribution is 0.0702. The molecule has 1 aliphatic heterocycles. The molecule has 0 amide bonds. The van der Waals surface area contributed by atoms with Crippen LogP contribution in [0.3, 0.4) is 0 Å². The highest BCUT2D eigenvalue weighted by molar-refractivity contribution is 9.11. The van der Waals surface area contributed by atoms with E-state index in [1.807, 2.05) is 13.8 Å². The van der Waals surface area contributed by atoms with Crippen molar-refractivity contribution in [3.8, 4) is 0 Å². The Hall–Kier alpha value is -0.440. The Morgan fingerprint density at radius 2 is 1.95 bits per heavy atom. The largest absolute Gasteiger partial charge is 0.477 e. The van der Waals surface area contributed by atoms with E-state index >= 15 is 0 Å². The zero-order valence-corrected chi connectivity index (χ0v) is 14.4. The zero-order chi connectivity index (χ0) is 15.1. The molecule has 0 saturated carbocycles. The third-order valence-electron chi connectivity index (χ3n) is 3.32. The molecule has 5 nitrogen and oxygen atoms in total. The van der Waals surface area contributed by atoms with Gasteiger partial charge in [0.05, 0.1) is 3.79 Å². The second-order valence-electron chi connectivity index (χ2n) is 5.32. The molecule has 8 heteroatoms. The van der Waals surface area contributed by atoms with Gasteiger partial charge in [0.15, 0.2) is 0 Å². The first-order valence-corrected chi connectivity index (χ1v) is 9.29. The van der Waals surface area contributed by atoms with Crippen LogP contribution in [0.5, 0.6) is 0 Å². The molecule has 1 fully saturated rings. The smallest absolute Gasteiger partial charge is 0.345 e. The van der Waals surface area contributed by atoms with Crippen LogP contribution < -0.4 is 0 Å². The molecule has 1 aromatic rings. The molecule has 0 aliphatic carbocycles. The number of nitrogens with zero attached hydrogens (tertiary/aromatic N) is 1. The van der Waals surface area contributed by atoms with Gasteiger partial charge in [0.1, 0.15) is 9.77 Å². The fourth-order valence-electron chi connectivity index (χ4n) is 2.57. The van der Waals surface area contributed by atoms with E-state index in [1.165, 1.54) is 10.4 Å². The zero-order valence-electron chi connectivity index (χ0n) is 11.2. The molecule has 0 spiro atoms. The van der Waals surface area contributed by atoms with Crippen molar-refractivity contribution >= 4 is 43.3 Å². The van der Waals surface area contributed by atoms with Crippen LogP contribution in [0.4, 0.5) is 0 Å². The summed E-state index contributed by atoms with van der Waals surface area (Å²) >= 11 is 4.09. The number of aromatic carboxylic acids is 1. The van der Waals surface area contributed by atoms with Crippen LogP contribution in [0.2, 0.25) is 0 Å². The van der Waals surface area contributed by atoms with Crippen molar-refractivity contribution in [1.82, 2.24) is 4.31 Å². The van der Waals surface area contributed by atoms with Gasteiger partial charge in [-0.1, -0.05) is 13.8 Å². The summed E-state index contributed by atoms with van der Waals surface area (Å²) < 4.78 is 27.1. The number of hydrogen-bond donors (Lipinski definition) is 1. The summed E-state index contributed by atoms with van der Waals surface area (Å²) in [6.07, 6.45) is 1.01. The van der Waals surface area contributed by atoms with Crippen molar-refractivity contribution in [2.24, 2.45) is 11.8 Å². The molecule has 2 rings (SSSR count). The summed E-state index contributed by atoms with van der Waals surface area (Å²) in [5, 5.41) is 8.96. The van der Waals surface area contributed by atoms with Crippen LogP contribution in [0.15, 0.2) is 14.7 Å². The summed E-state index contributed by atoms with van der Waals surface area (Å²) in [6, 6.07) is 1.23. The molecule has 112 valence electrons. The summed E-state index contributed by atoms with van der Waals surface area (Å²) in [4.78, 5) is 11.0. The fraction of sp³-hybridized carbons (Fsp3) is 0.583. The number of carbonyl (C=O) groups is 1. The van der Waals surface area contributed by atoms with Crippen LogP contribution in [0, 0.1) is 11.8 Å². The minimum absolute atomic E-state index is 0.0218. The highest BCUT2D eigenvalue weighted by Crippen LogP contribution is 2.35. The standard InChI is InChI=1S/C12H16BrNO4S2/c1-7-3-8(2)6-14(5-7)20(17,18)10-4-9(12(15)16)19-11(10)13/h4,7-8H,3,5-6H2,1-2H3,(H,15,16). The fourth-order valence-corrected chi connectivity index (χ4v) is 6.61. The normalized spacial score (nSPS) is 24.8. The van der Waals surface area contributed by atoms with E-state index in [9.17, 15) is 13.2 Å². The van der Waals surface area contributed by atoms with Gasteiger partial charge >= 0.3 is 5.97 Å². The molecule has 2 unspecified atom stereocenters. The first-order valence-electron chi connectivity index (χ1n) is 6.24. The number of thiophene rings is 1. The maximum Gasteiger partial charge on any atom is 0.345 e. The molecule has 1 aliphatic rings. The summed E-state index contributed by atoms with van der Waals surface area (Å²) in [5.41, 5.74) is 0. The number of carboxylic acids is 1. The number of sulfonamides is 1. The topological polar surface area (TPSA) is 74.7 Å². The Morgan fingerprint density at radius 3 is 2.40 bits per heavy atom. The van der Waals surface area contributed by atoms with Gasteiger partial charge in [-0.2, -0.15) is 4.31 Å². The number of hydrogen-bond acceptors (Lipinski definition) is 4. The highest BCUT2D eigenvalue weighted by atomic mass is 79.9. The van der Waals surface area contributed by atoms with E-state index in [4.69, 9.17) is 5.11 Å². The summed E-state index contributed by atoms with van der Waals surface area (Å²) in [7, 11) is -3.64. The molecule has 1 N–H and O–H groups in total. The SMILES string of the molecule is CC1CC(C)CN(S(=O)(=O)c2cc(C(=O)O)sc2Br)C1. The van der Waals surface area contributed by atoms with Crippen molar-refractivity contribution in [1.29, 1.82) is 0 Å². The molecule has 0 radical (unpaired) electrons. The molecule has 1 aromatic heterocycles. The van der Waals surface area contributed by atoms with Gasteiger partial charge in [-0.3, -0.25) is 0 Å². The third kappa shape index (κ3) is 3.08. The summed E-state index contributed by atoms with van der Waals surface area (Å²) in [5.74, 6) is -0.493. The van der Waals surface area contributed by atoms with Crippen LogP contribution >= 0.6 is 27.3 Å². The average molecular weight is 382 g/mol. The molecule has 0 bridgehead atoms. The number of carboxylic acid groups (broad SMARTS) is 1. The van der Waals surface area contributed by atoms with Crippen LogP contribution in [0.25, 0.3) is 0 Å². The van der Waals surface area contributed by atoms with Crippen molar-refractivity contribution in [3.63, 3.8) is 0 Å². The summed E-state index contributed by atoms with van der Waals surface area (Å²) in [6.45, 7) is 5.03. The second kappa shape index (κ2) is 5.75. The van der Waals surface area contributed by atoms with Gasteiger partial charge in [-0.15, -0.1) is 11.3 Å². The Balaban J connectivity index is 2.37. The van der Waals surface area contributed by atoms with Crippen LogP contribution in [-0.4, -0.2) is 36.9 Å². The quantitative estimate of drug-likeness (QED) is 0.873. The highest BCUT2D eigenvalue weighted by Gasteiger charge is 2.34. The Labute approximate surface area is 130 Å². The Morgan fingerprint density at radius 1 is 1.40 bits per heavy atom. The first-order chi connectivity index (χ1) is 9.21. The van der Waals surface area contributed by atoms with Crippen LogP contribution in [-0.2, 0) is 10.0 Å². The average Bonchev–Trinajstić information content (AvgIpc) is 2.71. The Kier molecular flexibility index (Phi) is 4.58. The number of halogens is 1. The lowest BCUT2D eigenvalue weighted by atomic mass is 9.94. The number of rotatable bonds is 3. The van der Waals surface area contributed by atoms with E-state index in [2.05, 4.69) is 15.9 Å². The maximum absolute atomic E-state index is 12.6. The van der Waals surface area contributed by atoms with Crippen molar-refractivity contribution < 1.29 is 18.3 Å². The van der Waals surface area contributed by atoms with Crippen molar-refractivity contribution in [2.45, 2.75) is 25.2 Å². The second-order valence-corrected chi connectivity index (χ2v) is 9.60. The predicted molar refractivity (Wildman–Crippen MR) is 80.7 cm³/mol. The van der Waals surface area contributed by atoms with Gasteiger partial charge in [0.25, 0.3) is 0 Å².